The summed E-state index contributed by atoms with van der Waals surface area (Å²) in [5.74, 6) is 0. The largest absolute Gasteiger partial charge is 0.371 e. The summed E-state index contributed by atoms with van der Waals surface area (Å²) in [5.41, 5.74) is 1.28. The maximum absolute atomic E-state index is 3.97. The SMILES string of the molecule is C/C=C\C(=C/C=NC)N1CCCC1. The molecule has 0 saturated carbocycles. The number of likely N-dealkylation sites (tertiary alicyclic amines) is 1. The van der Waals surface area contributed by atoms with E-state index in [-0.39, 0.29) is 0 Å². The fraction of sp³-hybridized carbons (Fsp3) is 0.545. The topological polar surface area (TPSA) is 15.6 Å². The minimum absolute atomic E-state index is 1.19. The Balaban J connectivity index is 2.65. The van der Waals surface area contributed by atoms with Crippen molar-refractivity contribution in [3.63, 3.8) is 0 Å². The van der Waals surface area contributed by atoms with E-state index in [1.807, 2.05) is 13.1 Å². The molecule has 0 atom stereocenters. The average molecular weight is 178 g/mol. The lowest BCUT2D eigenvalue weighted by molar-refractivity contribution is 0.441. The maximum Gasteiger partial charge on any atom is 0.0378 e. The Morgan fingerprint density at radius 1 is 1.31 bits per heavy atom. The monoisotopic (exact) mass is 178 g/mol. The second-order valence-corrected chi connectivity index (χ2v) is 3.19. The normalized spacial score (nSPS) is 19.5. The molecule has 0 radical (unpaired) electrons. The van der Waals surface area contributed by atoms with Crippen LogP contribution in [0.2, 0.25) is 0 Å². The third-order valence-electron chi connectivity index (χ3n) is 2.20. The first-order valence-corrected chi connectivity index (χ1v) is 4.88. The van der Waals surface area contributed by atoms with Crippen LogP contribution in [-0.4, -0.2) is 31.3 Å². The van der Waals surface area contributed by atoms with Gasteiger partial charge < -0.3 is 4.90 Å². The van der Waals surface area contributed by atoms with E-state index in [4.69, 9.17) is 0 Å². The van der Waals surface area contributed by atoms with E-state index in [0.717, 1.165) is 0 Å². The third kappa shape index (κ3) is 3.05. The molecule has 1 rings (SSSR count). The molecule has 1 fully saturated rings. The van der Waals surface area contributed by atoms with Crippen LogP contribution in [0.15, 0.2) is 28.9 Å². The Morgan fingerprint density at radius 2 is 2.00 bits per heavy atom. The molecule has 0 aromatic rings. The van der Waals surface area contributed by atoms with E-state index in [1.165, 1.54) is 31.6 Å². The van der Waals surface area contributed by atoms with Crippen LogP contribution in [0, 0.1) is 0 Å². The number of rotatable bonds is 3. The molecule has 2 nitrogen and oxygen atoms in total. The summed E-state index contributed by atoms with van der Waals surface area (Å²) in [4.78, 5) is 6.37. The molecule has 0 bridgehead atoms. The van der Waals surface area contributed by atoms with Gasteiger partial charge in [-0.3, -0.25) is 4.99 Å². The van der Waals surface area contributed by atoms with Crippen LogP contribution in [0.25, 0.3) is 0 Å². The second kappa shape index (κ2) is 5.57. The van der Waals surface area contributed by atoms with Crippen molar-refractivity contribution in [3.8, 4) is 0 Å². The molecule has 0 aliphatic carbocycles. The van der Waals surface area contributed by atoms with Crippen molar-refractivity contribution in [2.75, 3.05) is 20.1 Å². The van der Waals surface area contributed by atoms with Crippen LogP contribution in [-0.2, 0) is 0 Å². The van der Waals surface area contributed by atoms with Gasteiger partial charge in [0.15, 0.2) is 0 Å². The lowest BCUT2D eigenvalue weighted by Crippen LogP contribution is -2.17. The zero-order valence-electron chi connectivity index (χ0n) is 8.53. The van der Waals surface area contributed by atoms with Gasteiger partial charge in [-0.15, -0.1) is 0 Å². The van der Waals surface area contributed by atoms with Crippen LogP contribution in [0.4, 0.5) is 0 Å². The summed E-state index contributed by atoms with van der Waals surface area (Å²) < 4.78 is 0. The Hall–Kier alpha value is -1.05. The van der Waals surface area contributed by atoms with E-state index in [1.54, 1.807) is 7.05 Å². The summed E-state index contributed by atoms with van der Waals surface area (Å²) in [5, 5.41) is 0. The van der Waals surface area contributed by atoms with Gasteiger partial charge in [-0.05, 0) is 31.9 Å². The molecular formula is C11H18N2. The van der Waals surface area contributed by atoms with Crippen LogP contribution in [0.1, 0.15) is 19.8 Å². The van der Waals surface area contributed by atoms with Gasteiger partial charge in [0, 0.05) is 32.0 Å². The van der Waals surface area contributed by atoms with Gasteiger partial charge in [0.25, 0.3) is 0 Å². The number of aliphatic imine (C=N–C) groups is 1. The van der Waals surface area contributed by atoms with Gasteiger partial charge in [0.05, 0.1) is 0 Å². The summed E-state index contributed by atoms with van der Waals surface area (Å²) in [6, 6.07) is 0. The van der Waals surface area contributed by atoms with E-state index >= 15 is 0 Å². The average Bonchev–Trinajstić information content (AvgIpc) is 2.65. The highest BCUT2D eigenvalue weighted by atomic mass is 15.1. The van der Waals surface area contributed by atoms with Crippen LogP contribution < -0.4 is 0 Å². The lowest BCUT2D eigenvalue weighted by Gasteiger charge is -2.17. The van der Waals surface area contributed by atoms with Gasteiger partial charge in [-0.25, -0.2) is 0 Å². The number of allylic oxidation sites excluding steroid dienone is 3. The van der Waals surface area contributed by atoms with Crippen LogP contribution in [0.3, 0.4) is 0 Å². The number of hydrogen-bond donors (Lipinski definition) is 0. The first-order chi connectivity index (χ1) is 6.38. The molecule has 0 aromatic heterocycles. The Morgan fingerprint density at radius 3 is 2.54 bits per heavy atom. The van der Waals surface area contributed by atoms with E-state index in [9.17, 15) is 0 Å². The fourth-order valence-electron chi connectivity index (χ4n) is 1.56. The molecule has 0 unspecified atom stereocenters. The molecule has 0 spiro atoms. The Labute approximate surface area is 80.7 Å². The molecule has 1 aliphatic rings. The molecule has 0 aromatic carbocycles. The predicted octanol–water partition coefficient (Wildman–Crippen LogP) is 2.24. The molecule has 0 amide bonds. The number of nitrogens with zero attached hydrogens (tertiary/aromatic N) is 2. The standard InChI is InChI=1S/C11H18N2/c1-3-6-11(7-8-12-2)13-9-4-5-10-13/h3,6-8H,4-5,9-10H2,1-2H3/b6-3-,11-7+,12-8?. The quantitative estimate of drug-likeness (QED) is 0.478. The highest BCUT2D eigenvalue weighted by Crippen LogP contribution is 2.14. The Bertz CT molecular complexity index is 220. The van der Waals surface area contributed by atoms with Gasteiger partial charge in [0.2, 0.25) is 0 Å². The highest BCUT2D eigenvalue weighted by molar-refractivity contribution is 5.72. The smallest absolute Gasteiger partial charge is 0.0378 e. The molecule has 13 heavy (non-hydrogen) atoms. The number of hydrogen-bond acceptors (Lipinski definition) is 2. The molecule has 1 aliphatic heterocycles. The summed E-state index contributed by atoms with van der Waals surface area (Å²) >= 11 is 0. The maximum atomic E-state index is 3.97. The minimum Gasteiger partial charge on any atom is -0.371 e. The third-order valence-corrected chi connectivity index (χ3v) is 2.20. The molecular weight excluding hydrogens is 160 g/mol. The first kappa shape index (κ1) is 10.0. The molecule has 72 valence electrons. The van der Waals surface area contributed by atoms with Gasteiger partial charge in [-0.2, -0.15) is 0 Å². The van der Waals surface area contributed by atoms with Crippen molar-refractivity contribution in [2.24, 2.45) is 4.99 Å². The summed E-state index contributed by atoms with van der Waals surface area (Å²) in [7, 11) is 1.80. The van der Waals surface area contributed by atoms with Crippen molar-refractivity contribution in [2.45, 2.75) is 19.8 Å². The van der Waals surface area contributed by atoms with Crippen molar-refractivity contribution < 1.29 is 0 Å². The molecule has 2 heteroatoms. The Kier molecular flexibility index (Phi) is 4.30. The minimum atomic E-state index is 1.19. The first-order valence-electron chi connectivity index (χ1n) is 4.88. The molecule has 1 heterocycles. The predicted molar refractivity (Wildman–Crippen MR) is 58.1 cm³/mol. The lowest BCUT2D eigenvalue weighted by atomic mass is 10.3. The second-order valence-electron chi connectivity index (χ2n) is 3.19. The van der Waals surface area contributed by atoms with E-state index in [2.05, 4.69) is 28.1 Å². The van der Waals surface area contributed by atoms with Crippen molar-refractivity contribution in [1.29, 1.82) is 0 Å². The van der Waals surface area contributed by atoms with E-state index in [0.29, 0.717) is 0 Å². The van der Waals surface area contributed by atoms with Crippen molar-refractivity contribution >= 4 is 6.21 Å². The van der Waals surface area contributed by atoms with Gasteiger partial charge in [0.1, 0.15) is 0 Å². The van der Waals surface area contributed by atoms with Crippen LogP contribution >= 0.6 is 0 Å². The molecule has 1 saturated heterocycles. The molecule has 0 N–H and O–H groups in total. The van der Waals surface area contributed by atoms with Crippen molar-refractivity contribution in [3.05, 3.63) is 23.9 Å². The van der Waals surface area contributed by atoms with E-state index < -0.39 is 0 Å². The fourth-order valence-corrected chi connectivity index (χ4v) is 1.56. The van der Waals surface area contributed by atoms with Gasteiger partial charge >= 0.3 is 0 Å². The zero-order valence-corrected chi connectivity index (χ0v) is 8.53. The van der Waals surface area contributed by atoms with Crippen molar-refractivity contribution in [1.82, 2.24) is 4.90 Å². The zero-order chi connectivity index (χ0) is 9.52. The summed E-state index contributed by atoms with van der Waals surface area (Å²) in [6.45, 7) is 4.43. The van der Waals surface area contributed by atoms with Gasteiger partial charge in [-0.1, -0.05) is 6.08 Å². The van der Waals surface area contributed by atoms with Crippen LogP contribution in [0.5, 0.6) is 0 Å². The highest BCUT2D eigenvalue weighted by Gasteiger charge is 2.11. The summed E-state index contributed by atoms with van der Waals surface area (Å²) in [6.07, 6.45) is 10.8.